The van der Waals surface area contributed by atoms with Crippen molar-refractivity contribution in [2.45, 2.75) is 83.0 Å². The molecule has 1 aliphatic carbocycles. The second kappa shape index (κ2) is 18.1. The van der Waals surface area contributed by atoms with Crippen molar-refractivity contribution in [3.63, 3.8) is 0 Å². The minimum Gasteiger partial charge on any atom is -0.453 e. The molecular weight excluding hydrogens is 902 g/mol. The van der Waals surface area contributed by atoms with Crippen LogP contribution in [0.5, 0.6) is 0 Å². The molecule has 3 atom stereocenters. The van der Waals surface area contributed by atoms with Crippen LogP contribution in [0.25, 0.3) is 55.4 Å². The molecule has 6 amide bonds. The van der Waals surface area contributed by atoms with Gasteiger partial charge < -0.3 is 25.7 Å². The van der Waals surface area contributed by atoms with E-state index in [0.29, 0.717) is 83.2 Å². The fraction of sp³-hybridized carbons (Fsp3) is 0.340. The van der Waals surface area contributed by atoms with Crippen LogP contribution < -0.4 is 27.0 Å². The van der Waals surface area contributed by atoms with Crippen LogP contribution in [-0.2, 0) is 21.4 Å². The van der Waals surface area contributed by atoms with Crippen LogP contribution >= 0.6 is 0 Å². The first-order chi connectivity index (χ1) is 33.7. The number of benzene rings is 3. The molecule has 1 saturated heterocycles. The lowest BCUT2D eigenvalue weighted by molar-refractivity contribution is -0.136. The van der Waals surface area contributed by atoms with Gasteiger partial charge in [0, 0.05) is 66.9 Å². The second-order valence-electron chi connectivity index (χ2n) is 18.4. The number of carbonyl (C=O) groups excluding carboxylic acids is 6. The summed E-state index contributed by atoms with van der Waals surface area (Å²) in [4.78, 5) is 99.2. The van der Waals surface area contributed by atoms with E-state index in [1.54, 1.807) is 46.8 Å². The quantitative estimate of drug-likeness (QED) is 0.0655. The number of alkyl carbamates (subject to hydrolysis) is 1. The van der Waals surface area contributed by atoms with Gasteiger partial charge in [-0.15, -0.1) is 0 Å². The predicted molar refractivity (Wildman–Crippen MR) is 257 cm³/mol. The molecule has 6 heterocycles. The number of unbranched alkanes of at least 4 members (excludes halogenated alkanes) is 1. The zero-order valence-corrected chi connectivity index (χ0v) is 38.9. The molecule has 0 spiro atoms. The number of rotatable bonds is 13. The van der Waals surface area contributed by atoms with Gasteiger partial charge in [-0.2, -0.15) is 5.10 Å². The van der Waals surface area contributed by atoms with Crippen molar-refractivity contribution >= 4 is 74.3 Å². The molecule has 2 aliphatic heterocycles. The molecule has 5 N–H and O–H groups in total. The standard InChI is InChI=1S/C50H50FN11O8/c1-25(2)62-36-14-8-26(19-28(36)23-55-62)40-41-43-38(59(3)50(69)60(43)31-11-9-30(21-31)56-49(68)70-4)24-54-44(41)58-42(40)27-7-12-33(35(51)20-27)45(64)53-18-6-5-17-52-29-10-13-32-34(22-29)48(67)61(47(32)66)37-15-16-39(63)57-46(37)65/h7-8,10,12-14,19-20,22-25,30-31,37,52H,5-6,9,11,15-18,21H2,1-4H3,(H,53,64)(H,54,58)(H,56,68)(H,57,63,65)/t30-,31-,37?/m1/s1. The van der Waals surface area contributed by atoms with Crippen molar-refractivity contribution < 1.29 is 37.9 Å². The smallest absolute Gasteiger partial charge is 0.407 e. The van der Waals surface area contributed by atoms with Gasteiger partial charge >= 0.3 is 11.8 Å². The van der Waals surface area contributed by atoms with Crippen LogP contribution in [-0.4, -0.2) is 102 Å². The molecule has 19 nitrogen and oxygen atoms in total. The molecule has 20 heteroatoms. The summed E-state index contributed by atoms with van der Waals surface area (Å²) in [6.07, 6.45) is 5.95. The van der Waals surface area contributed by atoms with Gasteiger partial charge in [0.05, 0.1) is 63.8 Å². The number of piperidine rings is 1. The number of fused-ring (bicyclic) bond motifs is 5. The number of aromatic amines is 1. The Kier molecular flexibility index (Phi) is 11.8. The molecule has 4 aromatic heterocycles. The highest BCUT2D eigenvalue weighted by molar-refractivity contribution is 6.24. The molecule has 10 rings (SSSR count). The Morgan fingerprint density at radius 3 is 2.46 bits per heavy atom. The average Bonchev–Trinajstić information content (AvgIpc) is 4.17. The normalized spacial score (nSPS) is 18.1. The van der Waals surface area contributed by atoms with Crippen LogP contribution in [0.3, 0.4) is 0 Å². The average molecular weight is 952 g/mol. The summed E-state index contributed by atoms with van der Waals surface area (Å²) in [5.74, 6) is -3.62. The fourth-order valence-electron chi connectivity index (χ4n) is 10.2. The molecule has 2 fully saturated rings. The number of methoxy groups -OCH3 is 1. The Balaban J connectivity index is 0.874. The number of imide groups is 2. The maximum atomic E-state index is 16.2. The van der Waals surface area contributed by atoms with Crippen LogP contribution in [0.4, 0.5) is 14.9 Å². The summed E-state index contributed by atoms with van der Waals surface area (Å²) in [5.41, 5.74) is 5.69. The van der Waals surface area contributed by atoms with Gasteiger partial charge in [0.1, 0.15) is 17.5 Å². The number of pyridine rings is 1. The number of imidazole rings is 1. The zero-order valence-electron chi connectivity index (χ0n) is 38.9. The summed E-state index contributed by atoms with van der Waals surface area (Å²) in [5, 5.41) is 17.3. The van der Waals surface area contributed by atoms with E-state index in [0.717, 1.165) is 21.4 Å². The van der Waals surface area contributed by atoms with E-state index in [1.807, 2.05) is 22.9 Å². The van der Waals surface area contributed by atoms with Crippen LogP contribution in [0, 0.1) is 5.82 Å². The highest BCUT2D eigenvalue weighted by Gasteiger charge is 2.44. The molecule has 360 valence electrons. The Hall–Kier alpha value is -8.16. The minimum atomic E-state index is -1.05. The third-order valence-corrected chi connectivity index (χ3v) is 13.7. The SMILES string of the molecule is COC(=O)N[C@@H]1CC[C@@H](n2c(=O)n(C)c3cnc4[nH]c(-c5ccc(C(=O)NCCCCNc6ccc7c(c6)C(=O)N(C6CCC(=O)NC6=O)C7=O)c(F)c5)c(-c5ccc6c(cnn6C(C)C)c5)c4c32)C1. The predicted octanol–water partition coefficient (Wildman–Crippen LogP) is 6.09. The van der Waals surface area contributed by atoms with Gasteiger partial charge in [-0.05, 0) is 100 Å². The molecule has 1 saturated carbocycles. The van der Waals surface area contributed by atoms with Gasteiger partial charge in [-0.1, -0.05) is 12.1 Å². The number of amides is 6. The van der Waals surface area contributed by atoms with Crippen LogP contribution in [0.1, 0.15) is 102 Å². The van der Waals surface area contributed by atoms with Crippen molar-refractivity contribution in [3.05, 3.63) is 100.0 Å². The number of nitrogens with zero attached hydrogens (tertiary/aromatic N) is 6. The van der Waals surface area contributed by atoms with E-state index in [-0.39, 0.29) is 59.9 Å². The first kappa shape index (κ1) is 45.6. The first-order valence-corrected chi connectivity index (χ1v) is 23.3. The maximum absolute atomic E-state index is 16.2. The topological polar surface area (TPSA) is 236 Å². The zero-order chi connectivity index (χ0) is 49.1. The number of aryl methyl sites for hydroxylation is 1. The van der Waals surface area contributed by atoms with E-state index in [9.17, 15) is 33.6 Å². The number of aromatic nitrogens is 6. The third-order valence-electron chi connectivity index (χ3n) is 13.7. The number of hydrogen-bond acceptors (Lipinski definition) is 11. The summed E-state index contributed by atoms with van der Waals surface area (Å²) in [6, 6.07) is 13.8. The van der Waals surface area contributed by atoms with Crippen molar-refractivity contribution in [1.29, 1.82) is 0 Å². The first-order valence-electron chi connectivity index (χ1n) is 23.3. The van der Waals surface area contributed by atoms with E-state index in [1.165, 1.54) is 25.3 Å². The largest absolute Gasteiger partial charge is 0.453 e. The Morgan fingerprint density at radius 2 is 1.69 bits per heavy atom. The lowest BCUT2D eigenvalue weighted by atomic mass is 9.96. The van der Waals surface area contributed by atoms with Crippen molar-refractivity contribution in [2.24, 2.45) is 7.05 Å². The van der Waals surface area contributed by atoms with Gasteiger partial charge in [0.25, 0.3) is 17.7 Å². The van der Waals surface area contributed by atoms with E-state index in [4.69, 9.17) is 9.72 Å². The third kappa shape index (κ3) is 7.91. The molecule has 7 aromatic rings. The monoisotopic (exact) mass is 951 g/mol. The molecule has 70 heavy (non-hydrogen) atoms. The van der Waals surface area contributed by atoms with Crippen molar-refractivity contribution in [2.75, 3.05) is 25.5 Å². The number of ether oxygens (including phenoxy) is 1. The van der Waals surface area contributed by atoms with Gasteiger partial charge in [0.2, 0.25) is 11.8 Å². The number of H-pyrrole nitrogens is 1. The lowest BCUT2D eigenvalue weighted by Crippen LogP contribution is -2.54. The summed E-state index contributed by atoms with van der Waals surface area (Å²) in [6.45, 7) is 4.82. The Bertz CT molecular complexity index is 3400. The fourth-order valence-corrected chi connectivity index (χ4v) is 10.2. The van der Waals surface area contributed by atoms with Crippen molar-refractivity contribution in [1.82, 2.24) is 49.7 Å². The Labute approximate surface area is 398 Å². The van der Waals surface area contributed by atoms with Gasteiger partial charge in [-0.25, -0.2) is 19.0 Å². The van der Waals surface area contributed by atoms with Crippen molar-refractivity contribution in [3.8, 4) is 22.4 Å². The minimum absolute atomic E-state index is 0.0306. The highest BCUT2D eigenvalue weighted by Crippen LogP contribution is 2.44. The number of nitrogens with one attached hydrogen (secondary N) is 5. The van der Waals surface area contributed by atoms with E-state index in [2.05, 4.69) is 45.2 Å². The highest BCUT2D eigenvalue weighted by atomic mass is 19.1. The van der Waals surface area contributed by atoms with Crippen LogP contribution in [0.15, 0.2) is 71.8 Å². The molecule has 3 aliphatic rings. The molecule has 3 aromatic carbocycles. The van der Waals surface area contributed by atoms with Gasteiger partial charge in [-0.3, -0.25) is 48.0 Å². The maximum Gasteiger partial charge on any atom is 0.407 e. The number of carbonyl (C=O) groups is 6. The van der Waals surface area contributed by atoms with E-state index >= 15 is 4.39 Å². The lowest BCUT2D eigenvalue weighted by Gasteiger charge is -2.27. The number of halogens is 1. The molecule has 0 bridgehead atoms. The summed E-state index contributed by atoms with van der Waals surface area (Å²) < 4.78 is 26.4. The summed E-state index contributed by atoms with van der Waals surface area (Å²) in [7, 11) is 3.02. The molecule has 1 unspecified atom stereocenters. The number of anilines is 1. The second-order valence-corrected chi connectivity index (χ2v) is 18.4. The Morgan fingerprint density at radius 1 is 0.900 bits per heavy atom. The number of hydrogen-bond donors (Lipinski definition) is 5. The van der Waals surface area contributed by atoms with Crippen LogP contribution in [0.2, 0.25) is 0 Å². The van der Waals surface area contributed by atoms with Gasteiger partial charge in [0.15, 0.2) is 0 Å². The molecule has 0 radical (unpaired) electrons. The summed E-state index contributed by atoms with van der Waals surface area (Å²) >= 11 is 0. The molecular formula is C50H50FN11O8. The van der Waals surface area contributed by atoms with E-state index < -0.39 is 47.5 Å².